The van der Waals surface area contributed by atoms with E-state index in [1.807, 2.05) is 14.0 Å². The van der Waals surface area contributed by atoms with Crippen LogP contribution in [0, 0.1) is 6.92 Å². The number of fused-ring (bicyclic) bond motifs is 1. The Labute approximate surface area is 57.4 Å². The lowest BCUT2D eigenvalue weighted by atomic mass is 10.4. The molecule has 0 fully saturated rings. The average Bonchev–Trinajstić information content (AvgIpc) is 2.39. The van der Waals surface area contributed by atoms with Gasteiger partial charge in [0.2, 0.25) is 0 Å². The van der Waals surface area contributed by atoms with Gasteiger partial charge >= 0.3 is 0 Å². The van der Waals surface area contributed by atoms with E-state index in [4.69, 9.17) is 4.52 Å². The Bertz CT molecular complexity index is 328. The molecule has 4 heteroatoms. The van der Waals surface area contributed by atoms with Gasteiger partial charge in [-0.1, -0.05) is 5.16 Å². The van der Waals surface area contributed by atoms with Gasteiger partial charge in [-0.2, -0.15) is 5.10 Å². The van der Waals surface area contributed by atoms with Crippen molar-refractivity contribution in [3.05, 3.63) is 11.9 Å². The highest BCUT2D eigenvalue weighted by Gasteiger charge is 2.06. The number of aryl methyl sites for hydroxylation is 2. The maximum Gasteiger partial charge on any atom is 0.256 e. The zero-order valence-electron chi connectivity index (χ0n) is 5.83. The molecule has 0 saturated carbocycles. The second-order valence-electron chi connectivity index (χ2n) is 2.25. The molecule has 0 atom stereocenters. The molecule has 0 aliphatic carbocycles. The molecule has 0 N–H and O–H groups in total. The van der Waals surface area contributed by atoms with Gasteiger partial charge in [0.15, 0.2) is 0 Å². The third-order valence-corrected chi connectivity index (χ3v) is 1.54. The van der Waals surface area contributed by atoms with Crippen molar-refractivity contribution >= 4 is 11.1 Å². The van der Waals surface area contributed by atoms with Crippen molar-refractivity contribution in [2.45, 2.75) is 6.92 Å². The molecule has 0 bridgehead atoms. The van der Waals surface area contributed by atoms with E-state index in [-0.39, 0.29) is 0 Å². The molecular weight excluding hydrogens is 130 g/mol. The lowest BCUT2D eigenvalue weighted by Gasteiger charge is -1.82. The predicted octanol–water partition coefficient (Wildman–Crippen LogP) is 0.870. The Morgan fingerprint density at radius 2 is 2.40 bits per heavy atom. The van der Waals surface area contributed by atoms with E-state index >= 15 is 0 Å². The summed E-state index contributed by atoms with van der Waals surface area (Å²) in [6, 6.07) is 0. The van der Waals surface area contributed by atoms with Crippen molar-refractivity contribution in [2.75, 3.05) is 0 Å². The monoisotopic (exact) mass is 137 g/mol. The van der Waals surface area contributed by atoms with Crippen LogP contribution in [0.25, 0.3) is 11.1 Å². The molecule has 0 unspecified atom stereocenters. The summed E-state index contributed by atoms with van der Waals surface area (Å²) in [7, 11) is 1.83. The fourth-order valence-corrected chi connectivity index (χ4v) is 1.04. The zero-order valence-corrected chi connectivity index (χ0v) is 5.83. The first-order chi connectivity index (χ1) is 4.79. The lowest BCUT2D eigenvalue weighted by Crippen LogP contribution is -1.88. The van der Waals surface area contributed by atoms with Gasteiger partial charge in [-0.05, 0) is 6.92 Å². The normalized spacial score (nSPS) is 11.0. The number of hydrogen-bond donors (Lipinski definition) is 0. The number of hydrogen-bond acceptors (Lipinski definition) is 3. The molecule has 0 aliphatic rings. The maximum atomic E-state index is 4.92. The van der Waals surface area contributed by atoms with E-state index in [0.717, 1.165) is 16.8 Å². The van der Waals surface area contributed by atoms with Gasteiger partial charge in [-0.25, -0.2) is 4.68 Å². The van der Waals surface area contributed by atoms with E-state index in [1.54, 1.807) is 10.9 Å². The van der Waals surface area contributed by atoms with Gasteiger partial charge in [-0.3, -0.25) is 0 Å². The number of rotatable bonds is 0. The minimum absolute atomic E-state index is 0.734. The van der Waals surface area contributed by atoms with Gasteiger partial charge in [0.05, 0.1) is 17.3 Å². The molecule has 0 aliphatic heterocycles. The highest BCUT2D eigenvalue weighted by atomic mass is 16.5. The summed E-state index contributed by atoms with van der Waals surface area (Å²) in [6.07, 6.45) is 1.68. The summed E-state index contributed by atoms with van der Waals surface area (Å²) < 4.78 is 6.60. The highest BCUT2D eigenvalue weighted by Crippen LogP contribution is 2.14. The van der Waals surface area contributed by atoms with Crippen LogP contribution in [0.1, 0.15) is 5.69 Å². The third-order valence-electron chi connectivity index (χ3n) is 1.54. The Kier molecular flexibility index (Phi) is 0.869. The molecule has 0 radical (unpaired) electrons. The molecule has 52 valence electrons. The molecule has 0 saturated heterocycles. The van der Waals surface area contributed by atoms with Gasteiger partial charge in [0, 0.05) is 7.05 Å². The van der Waals surface area contributed by atoms with E-state index in [0.29, 0.717) is 0 Å². The molecule has 0 spiro atoms. The third kappa shape index (κ3) is 0.504. The van der Waals surface area contributed by atoms with Crippen LogP contribution in [-0.4, -0.2) is 14.9 Å². The summed E-state index contributed by atoms with van der Waals surface area (Å²) in [5.74, 6) is 0. The van der Waals surface area contributed by atoms with E-state index in [2.05, 4.69) is 10.3 Å². The standard InChI is InChI=1S/C6H7N3O/c1-4-5-3-7-10-6(5)9(2)8-4/h3H,1-2H3. The maximum absolute atomic E-state index is 4.92. The van der Waals surface area contributed by atoms with Crippen molar-refractivity contribution < 1.29 is 4.52 Å². The molecule has 0 amide bonds. The summed E-state index contributed by atoms with van der Waals surface area (Å²) in [4.78, 5) is 0. The van der Waals surface area contributed by atoms with Crippen LogP contribution in [0.5, 0.6) is 0 Å². The fourth-order valence-electron chi connectivity index (χ4n) is 1.04. The van der Waals surface area contributed by atoms with Crippen LogP contribution in [-0.2, 0) is 7.05 Å². The van der Waals surface area contributed by atoms with E-state index in [9.17, 15) is 0 Å². The predicted molar refractivity (Wildman–Crippen MR) is 35.5 cm³/mol. The molecule has 2 aromatic rings. The van der Waals surface area contributed by atoms with Crippen LogP contribution >= 0.6 is 0 Å². The fraction of sp³-hybridized carbons (Fsp3) is 0.333. The summed E-state index contributed by atoms with van der Waals surface area (Å²) in [5.41, 5.74) is 1.69. The first-order valence-electron chi connectivity index (χ1n) is 3.03. The van der Waals surface area contributed by atoms with Crippen molar-refractivity contribution in [3.8, 4) is 0 Å². The first-order valence-corrected chi connectivity index (χ1v) is 3.03. The second-order valence-corrected chi connectivity index (χ2v) is 2.25. The van der Waals surface area contributed by atoms with Crippen LogP contribution < -0.4 is 0 Å². The second kappa shape index (κ2) is 1.59. The largest absolute Gasteiger partial charge is 0.336 e. The van der Waals surface area contributed by atoms with E-state index < -0.39 is 0 Å². The molecule has 2 rings (SSSR count). The topological polar surface area (TPSA) is 43.9 Å². The van der Waals surface area contributed by atoms with Crippen molar-refractivity contribution in [1.29, 1.82) is 0 Å². The molecule has 10 heavy (non-hydrogen) atoms. The Morgan fingerprint density at radius 3 is 3.10 bits per heavy atom. The molecule has 2 heterocycles. The van der Waals surface area contributed by atoms with Crippen LogP contribution in [0.3, 0.4) is 0 Å². The van der Waals surface area contributed by atoms with Crippen LogP contribution in [0.2, 0.25) is 0 Å². The van der Waals surface area contributed by atoms with Crippen molar-refractivity contribution in [2.24, 2.45) is 7.05 Å². The van der Waals surface area contributed by atoms with Gasteiger partial charge < -0.3 is 4.52 Å². The molecule has 4 nitrogen and oxygen atoms in total. The van der Waals surface area contributed by atoms with Gasteiger partial charge in [-0.15, -0.1) is 0 Å². The van der Waals surface area contributed by atoms with Crippen molar-refractivity contribution in [3.63, 3.8) is 0 Å². The molecular formula is C6H7N3O. The minimum Gasteiger partial charge on any atom is -0.336 e. The number of nitrogens with zero attached hydrogens (tertiary/aromatic N) is 3. The van der Waals surface area contributed by atoms with Gasteiger partial charge in [0.25, 0.3) is 5.71 Å². The summed E-state index contributed by atoms with van der Waals surface area (Å²) in [5, 5.41) is 8.77. The smallest absolute Gasteiger partial charge is 0.256 e. The summed E-state index contributed by atoms with van der Waals surface area (Å²) in [6.45, 7) is 1.93. The molecule has 0 aromatic carbocycles. The summed E-state index contributed by atoms with van der Waals surface area (Å²) >= 11 is 0. The van der Waals surface area contributed by atoms with Crippen LogP contribution in [0.4, 0.5) is 0 Å². The van der Waals surface area contributed by atoms with E-state index in [1.165, 1.54) is 0 Å². The first kappa shape index (κ1) is 5.46. The Morgan fingerprint density at radius 1 is 1.60 bits per heavy atom. The van der Waals surface area contributed by atoms with Crippen LogP contribution in [0.15, 0.2) is 10.7 Å². The average molecular weight is 137 g/mol. The van der Waals surface area contributed by atoms with Crippen molar-refractivity contribution in [1.82, 2.24) is 14.9 Å². The highest BCUT2D eigenvalue weighted by molar-refractivity contribution is 5.75. The molecule has 2 aromatic heterocycles. The SMILES string of the molecule is Cc1nn(C)c2oncc12. The zero-order chi connectivity index (χ0) is 7.14. The Hall–Kier alpha value is -1.32. The quantitative estimate of drug-likeness (QED) is 0.541. The van der Waals surface area contributed by atoms with Gasteiger partial charge in [0.1, 0.15) is 0 Å². The lowest BCUT2D eigenvalue weighted by molar-refractivity contribution is 0.432. The Balaban J connectivity index is 2.98. The minimum atomic E-state index is 0.734. The number of aromatic nitrogens is 3.